The molecular weight excluding hydrogens is 488 g/mol. The highest BCUT2D eigenvalue weighted by atomic mass is 32.1. The van der Waals surface area contributed by atoms with Crippen LogP contribution in [0.1, 0.15) is 36.5 Å². The van der Waals surface area contributed by atoms with E-state index in [2.05, 4.69) is 30.6 Å². The Morgan fingerprint density at radius 3 is 2.69 bits per heavy atom. The summed E-state index contributed by atoms with van der Waals surface area (Å²) in [5.41, 5.74) is 0.332. The smallest absolute Gasteiger partial charge is 0.389 e. The van der Waals surface area contributed by atoms with E-state index in [4.69, 9.17) is 4.74 Å². The third-order valence-electron chi connectivity index (χ3n) is 5.44. The van der Waals surface area contributed by atoms with Gasteiger partial charge in [0.15, 0.2) is 0 Å². The highest BCUT2D eigenvalue weighted by molar-refractivity contribution is 7.15. The first-order valence-corrected chi connectivity index (χ1v) is 11.6. The zero-order valence-corrected chi connectivity index (χ0v) is 18.8. The van der Waals surface area contributed by atoms with E-state index >= 15 is 0 Å². The number of H-pyrrole nitrogens is 2. The van der Waals surface area contributed by atoms with Gasteiger partial charge in [0.1, 0.15) is 16.6 Å². The summed E-state index contributed by atoms with van der Waals surface area (Å²) in [6, 6.07) is 5.51. The van der Waals surface area contributed by atoms with Crippen LogP contribution in [0.3, 0.4) is 0 Å². The van der Waals surface area contributed by atoms with Crippen LogP contribution in [0.2, 0.25) is 0 Å². The number of pyridine rings is 1. The molecule has 182 valence electrons. The average Bonchev–Trinajstić information content (AvgIpc) is 3.29. The molecule has 1 saturated carbocycles. The number of alkyl halides is 3. The summed E-state index contributed by atoms with van der Waals surface area (Å²) in [4.78, 5) is 21.3. The number of tetrazole rings is 1. The van der Waals surface area contributed by atoms with E-state index in [0.29, 0.717) is 16.5 Å². The standard InChI is InChI=1S/C22H18F4N6O2S/c23-15-8-12(34-7-1-6-22(24,25)26)4-5-13(15)16-9-14(21-27-10-17(35-21)11-2-3-11)18(20(33)28-16)19-29-31-32-30-19/h4-5,8-11H,1-3,6-7H2,(H,28,33)(H,29,30,31,32). The third kappa shape index (κ3) is 5.24. The van der Waals surface area contributed by atoms with Crippen molar-refractivity contribution < 1.29 is 22.3 Å². The lowest BCUT2D eigenvalue weighted by Crippen LogP contribution is -2.13. The van der Waals surface area contributed by atoms with Crippen LogP contribution in [-0.4, -0.2) is 43.4 Å². The Balaban J connectivity index is 1.47. The van der Waals surface area contributed by atoms with E-state index in [1.807, 2.05) is 0 Å². The summed E-state index contributed by atoms with van der Waals surface area (Å²) < 4.78 is 57.0. The molecule has 5 rings (SSSR count). The van der Waals surface area contributed by atoms with Crippen LogP contribution in [0, 0.1) is 5.82 Å². The van der Waals surface area contributed by atoms with Crippen molar-refractivity contribution in [3.05, 3.63) is 51.5 Å². The van der Waals surface area contributed by atoms with Crippen molar-refractivity contribution in [3.63, 3.8) is 0 Å². The Kier molecular flexibility index (Phi) is 6.09. The Bertz CT molecular complexity index is 1400. The van der Waals surface area contributed by atoms with Gasteiger partial charge in [0.2, 0.25) is 5.82 Å². The maximum atomic E-state index is 15.0. The van der Waals surface area contributed by atoms with Gasteiger partial charge in [-0.1, -0.05) is 0 Å². The number of ether oxygens (including phenoxy) is 1. The molecule has 0 unspecified atom stereocenters. The van der Waals surface area contributed by atoms with Crippen molar-refractivity contribution in [3.8, 4) is 39.0 Å². The highest BCUT2D eigenvalue weighted by Crippen LogP contribution is 2.45. The molecular formula is C22H18F4N6O2S. The summed E-state index contributed by atoms with van der Waals surface area (Å²) in [7, 11) is 0. The first-order chi connectivity index (χ1) is 16.8. The molecule has 0 radical (unpaired) electrons. The fourth-order valence-corrected chi connectivity index (χ4v) is 4.70. The van der Waals surface area contributed by atoms with Gasteiger partial charge >= 0.3 is 6.18 Å². The van der Waals surface area contributed by atoms with Gasteiger partial charge in [0.25, 0.3) is 5.56 Å². The van der Waals surface area contributed by atoms with E-state index in [0.717, 1.165) is 23.8 Å². The second kappa shape index (κ2) is 9.21. The average molecular weight is 506 g/mol. The molecule has 0 saturated heterocycles. The minimum atomic E-state index is -4.27. The van der Waals surface area contributed by atoms with E-state index in [1.54, 1.807) is 12.3 Å². The Morgan fingerprint density at radius 1 is 1.17 bits per heavy atom. The third-order valence-corrected chi connectivity index (χ3v) is 6.63. The van der Waals surface area contributed by atoms with Gasteiger partial charge in [-0.25, -0.2) is 9.37 Å². The molecule has 0 aliphatic heterocycles. The normalized spacial score (nSPS) is 13.8. The topological polar surface area (TPSA) is 109 Å². The number of rotatable bonds is 8. The lowest BCUT2D eigenvalue weighted by Gasteiger charge is -2.11. The summed E-state index contributed by atoms with van der Waals surface area (Å²) in [5, 5.41) is 14.3. The van der Waals surface area contributed by atoms with E-state index in [9.17, 15) is 22.4 Å². The van der Waals surface area contributed by atoms with Crippen LogP contribution < -0.4 is 10.3 Å². The molecule has 35 heavy (non-hydrogen) atoms. The maximum Gasteiger partial charge on any atom is 0.389 e. The number of nitrogens with zero attached hydrogens (tertiary/aromatic N) is 4. The molecule has 1 aliphatic carbocycles. The van der Waals surface area contributed by atoms with Crippen LogP contribution in [0.5, 0.6) is 5.75 Å². The van der Waals surface area contributed by atoms with Gasteiger partial charge in [-0.15, -0.1) is 21.5 Å². The Morgan fingerprint density at radius 2 is 2.00 bits per heavy atom. The van der Waals surface area contributed by atoms with E-state index in [-0.39, 0.29) is 41.4 Å². The van der Waals surface area contributed by atoms with Crippen LogP contribution in [0.15, 0.2) is 35.3 Å². The number of hydrogen-bond acceptors (Lipinski definition) is 7. The van der Waals surface area contributed by atoms with Crippen molar-refractivity contribution in [2.45, 2.75) is 37.8 Å². The molecule has 1 fully saturated rings. The van der Waals surface area contributed by atoms with Crippen molar-refractivity contribution in [1.82, 2.24) is 30.6 Å². The van der Waals surface area contributed by atoms with Gasteiger partial charge in [-0.05, 0) is 48.6 Å². The van der Waals surface area contributed by atoms with Crippen molar-refractivity contribution in [2.24, 2.45) is 0 Å². The number of thiazole rings is 1. The maximum absolute atomic E-state index is 15.0. The number of hydrogen-bond donors (Lipinski definition) is 2. The van der Waals surface area contributed by atoms with Crippen LogP contribution in [0.25, 0.3) is 33.2 Å². The molecule has 0 bridgehead atoms. The molecule has 13 heteroatoms. The second-order valence-electron chi connectivity index (χ2n) is 8.09. The number of aromatic amines is 2. The van der Waals surface area contributed by atoms with E-state index in [1.165, 1.54) is 23.5 Å². The molecule has 0 spiro atoms. The minimum Gasteiger partial charge on any atom is -0.493 e. The second-order valence-corrected chi connectivity index (χ2v) is 9.15. The lowest BCUT2D eigenvalue weighted by molar-refractivity contribution is -0.136. The lowest BCUT2D eigenvalue weighted by atomic mass is 10.0. The fraction of sp³-hybridized carbons (Fsp3) is 0.318. The van der Waals surface area contributed by atoms with Gasteiger partial charge < -0.3 is 9.72 Å². The molecule has 4 aromatic rings. The summed E-state index contributed by atoms with van der Waals surface area (Å²) in [6.45, 7) is -0.202. The van der Waals surface area contributed by atoms with Crippen LogP contribution >= 0.6 is 11.3 Å². The van der Waals surface area contributed by atoms with Gasteiger partial charge in [-0.2, -0.15) is 18.4 Å². The first kappa shape index (κ1) is 23.1. The van der Waals surface area contributed by atoms with Crippen molar-refractivity contribution >= 4 is 11.3 Å². The van der Waals surface area contributed by atoms with Gasteiger partial charge in [-0.3, -0.25) is 4.79 Å². The first-order valence-electron chi connectivity index (χ1n) is 10.8. The van der Waals surface area contributed by atoms with E-state index < -0.39 is 24.0 Å². The van der Waals surface area contributed by atoms with Gasteiger partial charge in [0.05, 0.1) is 17.9 Å². The predicted molar refractivity (Wildman–Crippen MR) is 119 cm³/mol. The number of nitrogens with one attached hydrogen (secondary N) is 2. The summed E-state index contributed by atoms with van der Waals surface area (Å²) >= 11 is 1.46. The summed E-state index contributed by atoms with van der Waals surface area (Å²) in [6.07, 6.45) is -1.52. The monoisotopic (exact) mass is 506 g/mol. The van der Waals surface area contributed by atoms with Crippen LogP contribution in [-0.2, 0) is 0 Å². The highest BCUT2D eigenvalue weighted by Gasteiger charge is 2.28. The molecule has 1 aromatic carbocycles. The molecule has 3 heterocycles. The van der Waals surface area contributed by atoms with Crippen molar-refractivity contribution in [2.75, 3.05) is 6.61 Å². The van der Waals surface area contributed by atoms with Crippen molar-refractivity contribution in [1.29, 1.82) is 0 Å². The molecule has 0 amide bonds. The number of aromatic nitrogens is 6. The largest absolute Gasteiger partial charge is 0.493 e. The molecule has 8 nitrogen and oxygen atoms in total. The SMILES string of the molecule is O=c1[nH]c(-c2ccc(OCCCC(F)(F)F)cc2F)cc(-c2ncc(C3CC3)s2)c1-c1nn[nH]n1. The Labute approximate surface area is 199 Å². The molecule has 3 aromatic heterocycles. The Hall–Kier alpha value is -3.61. The van der Waals surface area contributed by atoms with Gasteiger partial charge in [0, 0.05) is 34.7 Å². The molecule has 1 aliphatic rings. The quantitative estimate of drug-likeness (QED) is 0.255. The zero-order chi connectivity index (χ0) is 24.6. The summed E-state index contributed by atoms with van der Waals surface area (Å²) in [5.74, 6) is -0.0602. The number of benzene rings is 1. The van der Waals surface area contributed by atoms with Crippen LogP contribution in [0.4, 0.5) is 17.6 Å². The fourth-order valence-electron chi connectivity index (χ4n) is 3.60. The minimum absolute atomic E-state index is 0.0825. The zero-order valence-electron chi connectivity index (χ0n) is 18.0. The predicted octanol–water partition coefficient (Wildman–Crippen LogP) is 5.08. The number of halogens is 4. The molecule has 0 atom stereocenters. The molecule has 2 N–H and O–H groups in total.